The Morgan fingerprint density at radius 3 is 2.90 bits per heavy atom. The SMILES string of the molecule is c1ccc(CSc2cnc(NC3CCCCC3)s2)nc1. The maximum absolute atomic E-state index is 4.49. The molecular weight excluding hydrogens is 286 g/mol. The second-order valence-electron chi connectivity index (χ2n) is 5.07. The molecule has 2 aromatic heterocycles. The lowest BCUT2D eigenvalue weighted by molar-refractivity contribution is 0.462. The minimum atomic E-state index is 0.628. The van der Waals surface area contributed by atoms with Crippen LogP contribution in [0.3, 0.4) is 0 Å². The molecule has 0 amide bonds. The average molecular weight is 305 g/mol. The number of hydrogen-bond donors (Lipinski definition) is 1. The summed E-state index contributed by atoms with van der Waals surface area (Å²) in [6.45, 7) is 0. The van der Waals surface area contributed by atoms with Gasteiger partial charge in [0.25, 0.3) is 0 Å². The molecule has 3 rings (SSSR count). The number of thiazole rings is 1. The zero-order valence-electron chi connectivity index (χ0n) is 11.4. The number of pyridine rings is 1. The van der Waals surface area contributed by atoms with Crippen molar-refractivity contribution in [2.75, 3.05) is 5.32 Å². The fourth-order valence-electron chi connectivity index (χ4n) is 2.44. The van der Waals surface area contributed by atoms with Crippen LogP contribution in [0.2, 0.25) is 0 Å². The number of nitrogens with one attached hydrogen (secondary N) is 1. The zero-order valence-corrected chi connectivity index (χ0v) is 13.1. The van der Waals surface area contributed by atoms with Crippen LogP contribution in [0.15, 0.2) is 34.8 Å². The van der Waals surface area contributed by atoms with Gasteiger partial charge in [-0.1, -0.05) is 36.7 Å². The van der Waals surface area contributed by atoms with E-state index in [4.69, 9.17) is 0 Å². The summed E-state index contributed by atoms with van der Waals surface area (Å²) in [6.07, 6.45) is 10.5. The minimum absolute atomic E-state index is 0.628. The van der Waals surface area contributed by atoms with Gasteiger partial charge in [-0.15, -0.1) is 11.8 Å². The molecule has 0 bridgehead atoms. The van der Waals surface area contributed by atoms with Crippen molar-refractivity contribution in [1.29, 1.82) is 0 Å². The van der Waals surface area contributed by atoms with Crippen LogP contribution in [0.5, 0.6) is 0 Å². The molecule has 1 aliphatic rings. The van der Waals surface area contributed by atoms with Gasteiger partial charge in [0.15, 0.2) is 5.13 Å². The molecule has 0 aromatic carbocycles. The largest absolute Gasteiger partial charge is 0.359 e. The van der Waals surface area contributed by atoms with Crippen LogP contribution in [-0.2, 0) is 5.75 Å². The quantitative estimate of drug-likeness (QED) is 0.821. The molecule has 2 heterocycles. The molecule has 1 N–H and O–H groups in total. The molecule has 1 saturated carbocycles. The van der Waals surface area contributed by atoms with Crippen molar-refractivity contribution in [2.24, 2.45) is 0 Å². The Morgan fingerprint density at radius 1 is 1.20 bits per heavy atom. The van der Waals surface area contributed by atoms with Gasteiger partial charge in [-0.25, -0.2) is 4.98 Å². The van der Waals surface area contributed by atoms with E-state index in [0.717, 1.165) is 16.6 Å². The molecule has 0 aliphatic heterocycles. The Morgan fingerprint density at radius 2 is 2.10 bits per heavy atom. The molecule has 20 heavy (non-hydrogen) atoms. The predicted molar refractivity (Wildman–Crippen MR) is 86.4 cm³/mol. The number of aromatic nitrogens is 2. The van der Waals surface area contributed by atoms with Crippen molar-refractivity contribution in [3.05, 3.63) is 36.3 Å². The van der Waals surface area contributed by atoms with E-state index in [1.54, 1.807) is 11.3 Å². The monoisotopic (exact) mass is 305 g/mol. The highest BCUT2D eigenvalue weighted by atomic mass is 32.2. The molecule has 106 valence electrons. The Hall–Kier alpha value is -1.07. The Balaban J connectivity index is 1.51. The summed E-state index contributed by atoms with van der Waals surface area (Å²) in [4.78, 5) is 8.83. The summed E-state index contributed by atoms with van der Waals surface area (Å²) in [5.74, 6) is 0.909. The molecule has 0 spiro atoms. The first-order chi connectivity index (χ1) is 9.90. The van der Waals surface area contributed by atoms with Gasteiger partial charge >= 0.3 is 0 Å². The lowest BCUT2D eigenvalue weighted by Crippen LogP contribution is -2.21. The molecule has 1 aliphatic carbocycles. The van der Waals surface area contributed by atoms with E-state index >= 15 is 0 Å². The Kier molecular flexibility index (Phi) is 4.92. The maximum Gasteiger partial charge on any atom is 0.183 e. The van der Waals surface area contributed by atoms with Gasteiger partial charge in [-0.3, -0.25) is 4.98 Å². The summed E-state index contributed by atoms with van der Waals surface area (Å²) in [5, 5.41) is 4.65. The van der Waals surface area contributed by atoms with Crippen molar-refractivity contribution >= 4 is 28.2 Å². The van der Waals surface area contributed by atoms with Crippen LogP contribution in [0, 0.1) is 0 Å². The molecule has 0 unspecified atom stereocenters. The second-order valence-corrected chi connectivity index (χ2v) is 7.38. The minimum Gasteiger partial charge on any atom is -0.359 e. The van der Waals surface area contributed by atoms with E-state index in [9.17, 15) is 0 Å². The number of rotatable bonds is 5. The molecule has 1 fully saturated rings. The van der Waals surface area contributed by atoms with Crippen molar-refractivity contribution in [3.63, 3.8) is 0 Å². The molecule has 2 aromatic rings. The molecule has 0 radical (unpaired) electrons. The third-order valence-corrected chi connectivity index (χ3v) is 5.66. The van der Waals surface area contributed by atoms with Crippen LogP contribution >= 0.6 is 23.1 Å². The first-order valence-electron chi connectivity index (χ1n) is 7.15. The average Bonchev–Trinajstić information content (AvgIpc) is 2.95. The Bertz CT molecular complexity index is 521. The first kappa shape index (κ1) is 13.9. The standard InChI is InChI=1S/C15H19N3S2/c1-2-6-12(7-3-1)18-15-17-10-14(20-15)19-11-13-8-4-5-9-16-13/h4-5,8-10,12H,1-3,6-7,11H2,(H,17,18). The van der Waals surface area contributed by atoms with E-state index in [2.05, 4.69) is 21.4 Å². The van der Waals surface area contributed by atoms with Gasteiger partial charge in [-0.05, 0) is 25.0 Å². The van der Waals surface area contributed by atoms with Crippen LogP contribution < -0.4 is 5.32 Å². The topological polar surface area (TPSA) is 37.8 Å². The highest BCUT2D eigenvalue weighted by Crippen LogP contribution is 2.31. The van der Waals surface area contributed by atoms with Gasteiger partial charge in [0.1, 0.15) is 0 Å². The fourth-order valence-corrected chi connectivity index (χ4v) is 4.31. The van der Waals surface area contributed by atoms with E-state index in [1.165, 1.54) is 36.3 Å². The smallest absolute Gasteiger partial charge is 0.183 e. The number of anilines is 1. The number of nitrogens with zero attached hydrogens (tertiary/aromatic N) is 2. The molecule has 3 nitrogen and oxygen atoms in total. The normalized spacial score (nSPS) is 16.2. The van der Waals surface area contributed by atoms with Crippen LogP contribution in [0.4, 0.5) is 5.13 Å². The lowest BCUT2D eigenvalue weighted by Gasteiger charge is -2.22. The number of hydrogen-bond acceptors (Lipinski definition) is 5. The van der Waals surface area contributed by atoms with Gasteiger partial charge in [-0.2, -0.15) is 0 Å². The summed E-state index contributed by atoms with van der Waals surface area (Å²) in [6, 6.07) is 6.68. The predicted octanol–water partition coefficient (Wildman–Crippen LogP) is 4.58. The third-order valence-electron chi connectivity index (χ3n) is 3.51. The van der Waals surface area contributed by atoms with E-state index in [0.29, 0.717) is 6.04 Å². The van der Waals surface area contributed by atoms with Gasteiger partial charge < -0.3 is 5.32 Å². The van der Waals surface area contributed by atoms with Crippen LogP contribution in [0.1, 0.15) is 37.8 Å². The van der Waals surface area contributed by atoms with E-state index in [-0.39, 0.29) is 0 Å². The summed E-state index contributed by atoms with van der Waals surface area (Å²) >= 11 is 3.57. The van der Waals surface area contributed by atoms with Crippen molar-refractivity contribution in [2.45, 2.75) is 48.1 Å². The molecule has 5 heteroatoms. The molecular formula is C15H19N3S2. The first-order valence-corrected chi connectivity index (χ1v) is 8.95. The van der Waals surface area contributed by atoms with Crippen molar-refractivity contribution in [3.8, 4) is 0 Å². The fraction of sp³-hybridized carbons (Fsp3) is 0.467. The van der Waals surface area contributed by atoms with Crippen LogP contribution in [-0.4, -0.2) is 16.0 Å². The highest BCUT2D eigenvalue weighted by Gasteiger charge is 2.14. The van der Waals surface area contributed by atoms with E-state index in [1.807, 2.05) is 36.3 Å². The van der Waals surface area contributed by atoms with Crippen molar-refractivity contribution < 1.29 is 0 Å². The van der Waals surface area contributed by atoms with E-state index < -0.39 is 0 Å². The number of thioether (sulfide) groups is 1. The lowest BCUT2D eigenvalue weighted by atomic mass is 9.96. The summed E-state index contributed by atoms with van der Waals surface area (Å²) in [7, 11) is 0. The zero-order chi connectivity index (χ0) is 13.6. The highest BCUT2D eigenvalue weighted by molar-refractivity contribution is 8.00. The van der Waals surface area contributed by atoms with Gasteiger partial charge in [0.05, 0.1) is 16.1 Å². The molecule has 0 saturated heterocycles. The third kappa shape index (κ3) is 3.96. The molecule has 0 atom stereocenters. The summed E-state index contributed by atoms with van der Waals surface area (Å²) < 4.78 is 1.26. The van der Waals surface area contributed by atoms with Crippen molar-refractivity contribution in [1.82, 2.24) is 9.97 Å². The summed E-state index contributed by atoms with van der Waals surface area (Å²) in [5.41, 5.74) is 1.12. The second kappa shape index (κ2) is 7.09. The van der Waals surface area contributed by atoms with Crippen LogP contribution in [0.25, 0.3) is 0 Å². The van der Waals surface area contributed by atoms with Gasteiger partial charge in [0.2, 0.25) is 0 Å². The van der Waals surface area contributed by atoms with Gasteiger partial charge in [0, 0.05) is 18.0 Å². The maximum atomic E-state index is 4.49. The Labute approximate surface area is 128 Å².